The van der Waals surface area contributed by atoms with E-state index < -0.39 is 0 Å². The van der Waals surface area contributed by atoms with E-state index in [0.717, 1.165) is 18.6 Å². The maximum absolute atomic E-state index is 10.9. The number of rotatable bonds is 7. The van der Waals surface area contributed by atoms with Gasteiger partial charge < -0.3 is 15.7 Å². The molecule has 0 fully saturated rings. The van der Waals surface area contributed by atoms with E-state index in [9.17, 15) is 4.79 Å². The van der Waals surface area contributed by atoms with Crippen molar-refractivity contribution in [1.82, 2.24) is 10.6 Å². The van der Waals surface area contributed by atoms with Crippen LogP contribution in [-0.2, 0) is 0 Å². The quantitative estimate of drug-likeness (QED) is 0.529. The molecule has 0 aliphatic carbocycles. The van der Waals surface area contributed by atoms with E-state index in [1.54, 1.807) is 0 Å². The number of aliphatic hydroxyl groups excluding tert-OH is 1. The van der Waals surface area contributed by atoms with Crippen molar-refractivity contribution in [2.75, 3.05) is 31.7 Å². The SMILES string of the molecule is CSCCCCNC(=O)NCCO. The van der Waals surface area contributed by atoms with Crippen LogP contribution in [-0.4, -0.2) is 42.8 Å². The highest BCUT2D eigenvalue weighted by molar-refractivity contribution is 7.98. The minimum atomic E-state index is -0.196. The van der Waals surface area contributed by atoms with Gasteiger partial charge in [0.05, 0.1) is 6.61 Å². The Labute approximate surface area is 83.5 Å². The zero-order chi connectivity index (χ0) is 9.94. The van der Waals surface area contributed by atoms with Crippen LogP contribution in [0, 0.1) is 0 Å². The number of unbranched alkanes of at least 4 members (excludes halogenated alkanes) is 1. The van der Waals surface area contributed by atoms with Crippen LogP contribution in [0.15, 0.2) is 0 Å². The van der Waals surface area contributed by atoms with Crippen LogP contribution in [0.25, 0.3) is 0 Å². The Morgan fingerprint density at radius 1 is 1.31 bits per heavy atom. The number of carbonyl (C=O) groups excluding carboxylic acids is 1. The second kappa shape index (κ2) is 9.67. The summed E-state index contributed by atoms with van der Waals surface area (Å²) in [6.45, 7) is 1.01. The Balaban J connectivity index is 3.08. The van der Waals surface area contributed by atoms with Crippen molar-refractivity contribution in [1.29, 1.82) is 0 Å². The molecule has 0 atom stereocenters. The zero-order valence-electron chi connectivity index (χ0n) is 8.01. The molecule has 0 radical (unpaired) electrons. The molecular weight excluding hydrogens is 188 g/mol. The predicted octanol–water partition coefficient (Wildman–Crippen LogP) is 0.421. The molecule has 0 unspecified atom stereocenters. The predicted molar refractivity (Wildman–Crippen MR) is 56.1 cm³/mol. The lowest BCUT2D eigenvalue weighted by Gasteiger charge is -2.05. The maximum atomic E-state index is 10.9. The Bertz CT molecular complexity index is 133. The Hall–Kier alpha value is -0.420. The molecule has 3 N–H and O–H groups in total. The van der Waals surface area contributed by atoms with E-state index in [1.165, 1.54) is 0 Å². The van der Waals surface area contributed by atoms with Crippen molar-refractivity contribution >= 4 is 17.8 Å². The minimum absolute atomic E-state index is 0.0140. The minimum Gasteiger partial charge on any atom is -0.395 e. The van der Waals surface area contributed by atoms with Gasteiger partial charge in [0, 0.05) is 13.1 Å². The second-order valence-corrected chi connectivity index (χ2v) is 3.59. The summed E-state index contributed by atoms with van der Waals surface area (Å²) in [5.74, 6) is 1.14. The number of carbonyl (C=O) groups is 1. The molecule has 2 amide bonds. The third-order valence-electron chi connectivity index (χ3n) is 1.46. The third-order valence-corrected chi connectivity index (χ3v) is 2.16. The highest BCUT2D eigenvalue weighted by Crippen LogP contribution is 1.97. The van der Waals surface area contributed by atoms with Gasteiger partial charge in [-0.1, -0.05) is 0 Å². The van der Waals surface area contributed by atoms with E-state index >= 15 is 0 Å². The Morgan fingerprint density at radius 2 is 2.00 bits per heavy atom. The summed E-state index contributed by atoms with van der Waals surface area (Å²) in [5.41, 5.74) is 0. The Kier molecular flexibility index (Phi) is 9.35. The largest absolute Gasteiger partial charge is 0.395 e. The first-order chi connectivity index (χ1) is 6.31. The number of aliphatic hydroxyl groups is 1. The van der Waals surface area contributed by atoms with Gasteiger partial charge in [0.1, 0.15) is 0 Å². The number of urea groups is 1. The Morgan fingerprint density at radius 3 is 2.62 bits per heavy atom. The molecule has 0 saturated carbocycles. The van der Waals surface area contributed by atoms with Crippen LogP contribution >= 0.6 is 11.8 Å². The van der Waals surface area contributed by atoms with E-state index in [0.29, 0.717) is 13.1 Å². The van der Waals surface area contributed by atoms with Gasteiger partial charge in [-0.05, 0) is 24.9 Å². The second-order valence-electron chi connectivity index (χ2n) is 2.61. The number of amides is 2. The number of thioether (sulfide) groups is 1. The van der Waals surface area contributed by atoms with Gasteiger partial charge in [0.15, 0.2) is 0 Å². The number of hydrogen-bond donors (Lipinski definition) is 3. The van der Waals surface area contributed by atoms with Gasteiger partial charge in [0.25, 0.3) is 0 Å². The smallest absolute Gasteiger partial charge is 0.314 e. The lowest BCUT2D eigenvalue weighted by Crippen LogP contribution is -2.37. The van der Waals surface area contributed by atoms with Crippen molar-refractivity contribution in [2.24, 2.45) is 0 Å². The molecule has 13 heavy (non-hydrogen) atoms. The average Bonchev–Trinajstić information content (AvgIpc) is 2.14. The highest BCUT2D eigenvalue weighted by atomic mass is 32.2. The van der Waals surface area contributed by atoms with Gasteiger partial charge in [-0.25, -0.2) is 4.79 Å². The van der Waals surface area contributed by atoms with Crippen LogP contribution in [0.4, 0.5) is 4.79 Å². The van der Waals surface area contributed by atoms with E-state index in [1.807, 2.05) is 11.8 Å². The summed E-state index contributed by atoms with van der Waals surface area (Å²) >= 11 is 1.81. The van der Waals surface area contributed by atoms with Crippen molar-refractivity contribution in [2.45, 2.75) is 12.8 Å². The fourth-order valence-electron chi connectivity index (χ4n) is 0.805. The summed E-state index contributed by atoms with van der Waals surface area (Å²) in [6.07, 6.45) is 4.20. The summed E-state index contributed by atoms with van der Waals surface area (Å²) < 4.78 is 0. The standard InChI is InChI=1S/C8H18N2O2S/c1-13-7-3-2-4-9-8(12)10-5-6-11/h11H,2-7H2,1H3,(H2,9,10,12). The van der Waals surface area contributed by atoms with Gasteiger partial charge in [0.2, 0.25) is 0 Å². The molecule has 0 aromatic rings. The molecule has 0 bridgehead atoms. The zero-order valence-corrected chi connectivity index (χ0v) is 8.82. The molecule has 0 aromatic carbocycles. The number of nitrogens with one attached hydrogen (secondary N) is 2. The van der Waals surface area contributed by atoms with E-state index in [4.69, 9.17) is 5.11 Å². The molecule has 0 saturated heterocycles. The molecule has 0 aliphatic rings. The number of hydrogen-bond acceptors (Lipinski definition) is 3. The lowest BCUT2D eigenvalue weighted by atomic mass is 10.3. The maximum Gasteiger partial charge on any atom is 0.314 e. The van der Waals surface area contributed by atoms with Crippen LogP contribution in [0.3, 0.4) is 0 Å². The van der Waals surface area contributed by atoms with E-state index in [2.05, 4.69) is 16.9 Å². The fraction of sp³-hybridized carbons (Fsp3) is 0.875. The van der Waals surface area contributed by atoms with Crippen molar-refractivity contribution in [3.05, 3.63) is 0 Å². The van der Waals surface area contributed by atoms with Crippen LogP contribution in [0.1, 0.15) is 12.8 Å². The molecule has 0 heterocycles. The summed E-state index contributed by atoms with van der Waals surface area (Å²) in [6, 6.07) is -0.196. The normalized spacial score (nSPS) is 9.69. The topological polar surface area (TPSA) is 61.4 Å². The highest BCUT2D eigenvalue weighted by Gasteiger charge is 1.96. The third kappa shape index (κ3) is 9.49. The molecular formula is C8H18N2O2S. The summed E-state index contributed by atoms with van der Waals surface area (Å²) in [5, 5.41) is 13.6. The van der Waals surface area contributed by atoms with Crippen molar-refractivity contribution < 1.29 is 9.90 Å². The summed E-state index contributed by atoms with van der Waals surface area (Å²) in [4.78, 5) is 10.9. The van der Waals surface area contributed by atoms with Crippen LogP contribution in [0.2, 0.25) is 0 Å². The first-order valence-corrected chi connectivity index (χ1v) is 5.82. The van der Waals surface area contributed by atoms with Crippen LogP contribution in [0.5, 0.6) is 0 Å². The fourth-order valence-corrected chi connectivity index (χ4v) is 1.30. The average molecular weight is 206 g/mol. The molecule has 0 aromatic heterocycles. The van der Waals surface area contributed by atoms with Gasteiger partial charge in [-0.15, -0.1) is 0 Å². The lowest BCUT2D eigenvalue weighted by molar-refractivity contribution is 0.234. The van der Waals surface area contributed by atoms with E-state index in [-0.39, 0.29) is 12.6 Å². The van der Waals surface area contributed by atoms with Gasteiger partial charge >= 0.3 is 6.03 Å². The molecule has 4 nitrogen and oxygen atoms in total. The van der Waals surface area contributed by atoms with Crippen LogP contribution < -0.4 is 10.6 Å². The molecule has 78 valence electrons. The van der Waals surface area contributed by atoms with Gasteiger partial charge in [-0.3, -0.25) is 0 Å². The van der Waals surface area contributed by atoms with Crippen molar-refractivity contribution in [3.8, 4) is 0 Å². The first kappa shape index (κ1) is 12.6. The first-order valence-electron chi connectivity index (χ1n) is 4.42. The summed E-state index contributed by atoms with van der Waals surface area (Å²) in [7, 11) is 0. The molecule has 0 aliphatic heterocycles. The monoisotopic (exact) mass is 206 g/mol. The molecule has 5 heteroatoms. The molecule has 0 spiro atoms. The molecule has 0 rings (SSSR count). The van der Waals surface area contributed by atoms with Gasteiger partial charge in [-0.2, -0.15) is 11.8 Å². The van der Waals surface area contributed by atoms with Crippen molar-refractivity contribution in [3.63, 3.8) is 0 Å².